The number of aryl methyl sites for hydroxylation is 1. The molecule has 0 atom stereocenters. The van der Waals surface area contributed by atoms with Crippen molar-refractivity contribution in [2.24, 2.45) is 0 Å². The maximum atomic E-state index is 5.43. The molecule has 1 saturated heterocycles. The molecule has 7 nitrogen and oxygen atoms in total. The van der Waals surface area contributed by atoms with Gasteiger partial charge in [0.05, 0.1) is 0 Å². The molecule has 25 heavy (non-hydrogen) atoms. The quantitative estimate of drug-likeness (QED) is 0.911. The van der Waals surface area contributed by atoms with E-state index in [1.807, 2.05) is 31.2 Å². The molecule has 0 saturated carbocycles. The Morgan fingerprint density at radius 2 is 1.84 bits per heavy atom. The molecule has 132 valence electrons. The first-order chi connectivity index (χ1) is 12.2. The Kier molecular flexibility index (Phi) is 4.31. The van der Waals surface area contributed by atoms with Gasteiger partial charge >= 0.3 is 0 Å². The fraction of sp³-hybridized carbons (Fsp3) is 0.444. The van der Waals surface area contributed by atoms with E-state index < -0.39 is 0 Å². The summed E-state index contributed by atoms with van der Waals surface area (Å²) in [5.41, 5.74) is 2.10. The molecule has 1 aromatic heterocycles. The molecule has 1 fully saturated rings. The fourth-order valence-electron chi connectivity index (χ4n) is 3.03. The lowest BCUT2D eigenvalue weighted by Gasteiger charge is -2.32. The number of anilines is 2. The van der Waals surface area contributed by atoms with Crippen molar-refractivity contribution in [2.75, 3.05) is 50.2 Å². The van der Waals surface area contributed by atoms with E-state index in [9.17, 15) is 0 Å². The molecule has 0 amide bonds. The van der Waals surface area contributed by atoms with Gasteiger partial charge in [-0.1, -0.05) is 6.07 Å². The van der Waals surface area contributed by atoms with Crippen molar-refractivity contribution < 1.29 is 9.47 Å². The van der Waals surface area contributed by atoms with Crippen molar-refractivity contribution in [3.05, 3.63) is 35.5 Å². The number of piperazine rings is 1. The highest BCUT2D eigenvalue weighted by Gasteiger charge is 2.17. The van der Waals surface area contributed by atoms with Gasteiger partial charge in [-0.25, -0.2) is 4.98 Å². The van der Waals surface area contributed by atoms with E-state index in [0.717, 1.165) is 60.7 Å². The summed E-state index contributed by atoms with van der Waals surface area (Å²) in [6.45, 7) is 6.98. The summed E-state index contributed by atoms with van der Waals surface area (Å²) in [5.74, 6) is 3.26. The predicted octanol–water partition coefficient (Wildman–Crippen LogP) is 1.88. The zero-order valence-electron chi connectivity index (χ0n) is 14.7. The summed E-state index contributed by atoms with van der Waals surface area (Å²) in [6.07, 6.45) is 0. The summed E-state index contributed by atoms with van der Waals surface area (Å²) >= 11 is 0. The van der Waals surface area contributed by atoms with Crippen LogP contribution in [0.5, 0.6) is 11.5 Å². The molecule has 2 aliphatic rings. The number of benzene rings is 1. The SMILES string of the molecule is Cc1cc(NCc2ccc3c(c2)OCO3)nc(N2CCN(C)CC2)n1. The van der Waals surface area contributed by atoms with Gasteiger partial charge in [0.15, 0.2) is 11.5 Å². The van der Waals surface area contributed by atoms with Crippen LogP contribution in [0, 0.1) is 6.92 Å². The van der Waals surface area contributed by atoms with Gasteiger partial charge in [-0.15, -0.1) is 0 Å². The molecule has 2 aromatic rings. The van der Waals surface area contributed by atoms with E-state index >= 15 is 0 Å². The van der Waals surface area contributed by atoms with Crippen LogP contribution in [-0.4, -0.2) is 54.9 Å². The molecule has 1 N–H and O–H groups in total. The van der Waals surface area contributed by atoms with Gasteiger partial charge in [-0.05, 0) is 31.7 Å². The average Bonchev–Trinajstić information content (AvgIpc) is 3.08. The second-order valence-electron chi connectivity index (χ2n) is 6.53. The van der Waals surface area contributed by atoms with E-state index in [-0.39, 0.29) is 0 Å². The van der Waals surface area contributed by atoms with Gasteiger partial charge in [0.25, 0.3) is 0 Å². The lowest BCUT2D eigenvalue weighted by atomic mass is 10.2. The predicted molar refractivity (Wildman–Crippen MR) is 96.4 cm³/mol. The molecule has 7 heteroatoms. The van der Waals surface area contributed by atoms with E-state index in [1.54, 1.807) is 0 Å². The third kappa shape index (κ3) is 3.61. The van der Waals surface area contributed by atoms with Gasteiger partial charge in [0.2, 0.25) is 12.7 Å². The second-order valence-corrected chi connectivity index (χ2v) is 6.53. The highest BCUT2D eigenvalue weighted by atomic mass is 16.7. The molecular formula is C18H23N5O2. The Morgan fingerprint density at radius 1 is 1.04 bits per heavy atom. The summed E-state index contributed by atoms with van der Waals surface area (Å²) < 4.78 is 10.8. The van der Waals surface area contributed by atoms with Crippen molar-refractivity contribution in [2.45, 2.75) is 13.5 Å². The first-order valence-electron chi connectivity index (χ1n) is 8.59. The Labute approximate surface area is 147 Å². The standard InChI is InChI=1S/C18H23N5O2/c1-13-9-17(21-18(20-13)23-7-5-22(2)6-8-23)19-11-14-3-4-15-16(10-14)25-12-24-15/h3-4,9-10H,5-8,11-12H2,1-2H3,(H,19,20,21). The van der Waals surface area contributed by atoms with E-state index in [0.29, 0.717) is 13.3 Å². The highest BCUT2D eigenvalue weighted by Crippen LogP contribution is 2.32. The van der Waals surface area contributed by atoms with Gasteiger partial charge in [0.1, 0.15) is 5.82 Å². The van der Waals surface area contributed by atoms with Crippen LogP contribution in [0.2, 0.25) is 0 Å². The number of nitrogens with one attached hydrogen (secondary N) is 1. The number of nitrogens with zero attached hydrogens (tertiary/aromatic N) is 4. The molecule has 0 bridgehead atoms. The number of rotatable bonds is 4. The van der Waals surface area contributed by atoms with Crippen molar-refractivity contribution in [1.29, 1.82) is 0 Å². The molecule has 0 spiro atoms. The van der Waals surface area contributed by atoms with Crippen LogP contribution in [0.1, 0.15) is 11.3 Å². The lowest BCUT2D eigenvalue weighted by molar-refractivity contribution is 0.174. The van der Waals surface area contributed by atoms with E-state index in [2.05, 4.69) is 27.1 Å². The normalized spacial score (nSPS) is 17.0. The minimum atomic E-state index is 0.297. The Balaban J connectivity index is 1.45. The highest BCUT2D eigenvalue weighted by molar-refractivity contribution is 5.47. The van der Waals surface area contributed by atoms with Crippen LogP contribution in [-0.2, 0) is 6.54 Å². The molecule has 4 rings (SSSR count). The van der Waals surface area contributed by atoms with Gasteiger partial charge < -0.3 is 24.6 Å². The molecular weight excluding hydrogens is 318 g/mol. The summed E-state index contributed by atoms with van der Waals surface area (Å²) in [5, 5.41) is 3.40. The van der Waals surface area contributed by atoms with E-state index in [4.69, 9.17) is 14.5 Å². The topological polar surface area (TPSA) is 62.8 Å². The third-order valence-electron chi connectivity index (χ3n) is 4.54. The summed E-state index contributed by atoms with van der Waals surface area (Å²) in [7, 11) is 2.15. The number of ether oxygens (including phenoxy) is 2. The summed E-state index contributed by atoms with van der Waals surface area (Å²) in [6, 6.07) is 7.97. The summed E-state index contributed by atoms with van der Waals surface area (Å²) in [4.78, 5) is 13.9. The number of hydrogen-bond donors (Lipinski definition) is 1. The van der Waals surface area contributed by atoms with Gasteiger partial charge in [0, 0.05) is 44.5 Å². The maximum Gasteiger partial charge on any atom is 0.231 e. The van der Waals surface area contributed by atoms with Gasteiger partial charge in [-0.3, -0.25) is 0 Å². The largest absolute Gasteiger partial charge is 0.454 e. The van der Waals surface area contributed by atoms with E-state index in [1.165, 1.54) is 0 Å². The van der Waals surface area contributed by atoms with Crippen molar-refractivity contribution >= 4 is 11.8 Å². The smallest absolute Gasteiger partial charge is 0.231 e. The van der Waals surface area contributed by atoms with Crippen LogP contribution in [0.25, 0.3) is 0 Å². The zero-order valence-corrected chi connectivity index (χ0v) is 14.7. The fourth-order valence-corrected chi connectivity index (χ4v) is 3.03. The number of likely N-dealkylation sites (N-methyl/N-ethyl adjacent to an activating group) is 1. The Morgan fingerprint density at radius 3 is 2.68 bits per heavy atom. The lowest BCUT2D eigenvalue weighted by Crippen LogP contribution is -2.45. The van der Waals surface area contributed by atoms with Gasteiger partial charge in [-0.2, -0.15) is 4.98 Å². The van der Waals surface area contributed by atoms with Crippen molar-refractivity contribution in [3.63, 3.8) is 0 Å². The number of hydrogen-bond acceptors (Lipinski definition) is 7. The van der Waals surface area contributed by atoms with Crippen LogP contribution < -0.4 is 19.7 Å². The molecule has 0 unspecified atom stereocenters. The number of fused-ring (bicyclic) bond motifs is 1. The Bertz CT molecular complexity index is 759. The van der Waals surface area contributed by atoms with Crippen LogP contribution in [0.4, 0.5) is 11.8 Å². The first-order valence-corrected chi connectivity index (χ1v) is 8.59. The van der Waals surface area contributed by atoms with Crippen LogP contribution >= 0.6 is 0 Å². The molecule has 0 radical (unpaired) electrons. The minimum Gasteiger partial charge on any atom is -0.454 e. The third-order valence-corrected chi connectivity index (χ3v) is 4.54. The average molecular weight is 341 g/mol. The zero-order chi connectivity index (χ0) is 17.2. The Hall–Kier alpha value is -2.54. The second kappa shape index (κ2) is 6.76. The minimum absolute atomic E-state index is 0.297. The van der Waals surface area contributed by atoms with Crippen LogP contribution in [0.3, 0.4) is 0 Å². The molecule has 2 aliphatic heterocycles. The molecule has 0 aliphatic carbocycles. The van der Waals surface area contributed by atoms with Crippen LogP contribution in [0.15, 0.2) is 24.3 Å². The van der Waals surface area contributed by atoms with Crippen molar-refractivity contribution in [1.82, 2.24) is 14.9 Å². The first kappa shape index (κ1) is 16.0. The molecule has 1 aromatic carbocycles. The monoisotopic (exact) mass is 341 g/mol. The molecule has 3 heterocycles. The van der Waals surface area contributed by atoms with Crippen molar-refractivity contribution in [3.8, 4) is 11.5 Å². The number of aromatic nitrogens is 2. The maximum absolute atomic E-state index is 5.43.